The molecule has 2 heterocycles. The maximum absolute atomic E-state index is 6.05. The van der Waals surface area contributed by atoms with Crippen molar-refractivity contribution in [1.29, 1.82) is 0 Å². The van der Waals surface area contributed by atoms with Gasteiger partial charge in [-0.25, -0.2) is 0 Å². The van der Waals surface area contributed by atoms with E-state index in [1.54, 1.807) is 23.5 Å². The minimum absolute atomic E-state index is 0.0740. The molecule has 0 amide bonds. The largest absolute Gasteiger partial charge is 0.213 e. The van der Waals surface area contributed by atoms with Crippen molar-refractivity contribution < 1.29 is 0 Å². The summed E-state index contributed by atoms with van der Waals surface area (Å²) in [5.74, 6) is 0.710. The zero-order valence-corrected chi connectivity index (χ0v) is 18.5. The van der Waals surface area contributed by atoms with E-state index in [0.717, 1.165) is 22.0 Å². The van der Waals surface area contributed by atoms with Crippen molar-refractivity contribution in [2.45, 2.75) is 21.6 Å². The molecule has 0 saturated carbocycles. The van der Waals surface area contributed by atoms with E-state index < -0.39 is 0 Å². The van der Waals surface area contributed by atoms with Crippen molar-refractivity contribution in [2.24, 2.45) is 5.10 Å². The number of fused-ring (bicyclic) bond motifs is 1. The first kappa shape index (κ1) is 19.4. The molecule has 0 saturated heterocycles. The lowest BCUT2D eigenvalue weighted by Gasteiger charge is -2.23. The maximum atomic E-state index is 6.05. The molecule has 148 valence electrons. The SMILES string of the molecule is Cc1ccc(C2=Nn3c(nnc3-c3ccc(Cl)cc3)SC2Sc2ccccc2)cc1. The van der Waals surface area contributed by atoms with Gasteiger partial charge in [-0.2, -0.15) is 9.78 Å². The lowest BCUT2D eigenvalue weighted by Crippen LogP contribution is -2.22. The quantitative estimate of drug-likeness (QED) is 0.363. The van der Waals surface area contributed by atoms with Gasteiger partial charge in [0.05, 0.1) is 5.71 Å². The Labute approximate surface area is 188 Å². The number of nitrogens with zero attached hydrogens (tertiary/aromatic N) is 4. The molecule has 1 aromatic heterocycles. The molecule has 0 radical (unpaired) electrons. The van der Waals surface area contributed by atoms with Gasteiger partial charge in [0.25, 0.3) is 0 Å². The highest BCUT2D eigenvalue weighted by atomic mass is 35.5. The van der Waals surface area contributed by atoms with E-state index in [1.165, 1.54) is 10.5 Å². The number of thioether (sulfide) groups is 2. The van der Waals surface area contributed by atoms with Crippen molar-refractivity contribution in [3.8, 4) is 11.4 Å². The summed E-state index contributed by atoms with van der Waals surface area (Å²) in [6, 6.07) is 26.5. The molecule has 0 spiro atoms. The van der Waals surface area contributed by atoms with Crippen molar-refractivity contribution >= 4 is 40.8 Å². The third kappa shape index (κ3) is 3.90. The molecule has 5 rings (SSSR count). The molecule has 4 aromatic rings. The summed E-state index contributed by atoms with van der Waals surface area (Å²) in [6.07, 6.45) is 0. The molecule has 7 heteroatoms. The van der Waals surface area contributed by atoms with Gasteiger partial charge < -0.3 is 0 Å². The lowest BCUT2D eigenvalue weighted by molar-refractivity contribution is 0.760. The molecule has 0 aliphatic carbocycles. The molecule has 1 unspecified atom stereocenters. The molecule has 1 aliphatic heterocycles. The number of hydrogen-bond acceptors (Lipinski definition) is 5. The van der Waals surface area contributed by atoms with Gasteiger partial charge in [0, 0.05) is 15.5 Å². The number of aromatic nitrogens is 3. The van der Waals surface area contributed by atoms with E-state index in [9.17, 15) is 0 Å². The van der Waals surface area contributed by atoms with Crippen LogP contribution in [0.15, 0.2) is 94.0 Å². The predicted molar refractivity (Wildman–Crippen MR) is 126 cm³/mol. The van der Waals surface area contributed by atoms with Gasteiger partial charge in [0.1, 0.15) is 4.58 Å². The van der Waals surface area contributed by atoms with Crippen molar-refractivity contribution in [3.63, 3.8) is 0 Å². The molecule has 0 bridgehead atoms. The summed E-state index contributed by atoms with van der Waals surface area (Å²) in [5, 5.41) is 15.3. The van der Waals surface area contributed by atoms with Crippen LogP contribution in [0.25, 0.3) is 11.4 Å². The van der Waals surface area contributed by atoms with Crippen molar-refractivity contribution in [1.82, 2.24) is 14.9 Å². The van der Waals surface area contributed by atoms with E-state index in [0.29, 0.717) is 10.8 Å². The fourth-order valence-corrected chi connectivity index (χ4v) is 5.70. The molecule has 0 N–H and O–H groups in total. The van der Waals surface area contributed by atoms with Gasteiger partial charge >= 0.3 is 0 Å². The standard InChI is InChI=1S/C23H17ClN4S2/c1-15-7-9-16(10-8-15)20-22(29-19-5-3-2-4-6-19)30-23-26-25-21(28(23)27-20)17-11-13-18(24)14-12-17/h2-14,22H,1H3. The van der Waals surface area contributed by atoms with Crippen molar-refractivity contribution in [3.05, 3.63) is 95.0 Å². The Balaban J connectivity index is 1.59. The second kappa shape index (κ2) is 8.30. The third-order valence-corrected chi connectivity index (χ3v) is 7.41. The minimum Gasteiger partial charge on any atom is -0.186 e. The van der Waals surface area contributed by atoms with Crippen LogP contribution in [0.1, 0.15) is 11.1 Å². The van der Waals surface area contributed by atoms with Gasteiger partial charge in [-0.3, -0.25) is 0 Å². The average molecular weight is 449 g/mol. The van der Waals surface area contributed by atoms with Crippen LogP contribution in [0.4, 0.5) is 0 Å². The highest BCUT2D eigenvalue weighted by Crippen LogP contribution is 2.41. The van der Waals surface area contributed by atoms with Crippen LogP contribution in [-0.4, -0.2) is 25.2 Å². The monoisotopic (exact) mass is 448 g/mol. The summed E-state index contributed by atoms with van der Waals surface area (Å²) in [4.78, 5) is 1.20. The second-order valence-corrected chi connectivity index (χ2v) is 9.84. The van der Waals surface area contributed by atoms with Gasteiger partial charge in [0.2, 0.25) is 5.16 Å². The topological polar surface area (TPSA) is 43.1 Å². The van der Waals surface area contributed by atoms with Crippen LogP contribution >= 0.6 is 35.1 Å². The average Bonchev–Trinajstić information content (AvgIpc) is 3.18. The second-order valence-electron chi connectivity index (χ2n) is 6.86. The van der Waals surface area contributed by atoms with Crippen molar-refractivity contribution in [2.75, 3.05) is 0 Å². The molecule has 1 aliphatic rings. The first-order valence-electron chi connectivity index (χ1n) is 9.43. The van der Waals surface area contributed by atoms with Crippen LogP contribution in [0.3, 0.4) is 0 Å². The molecule has 3 aromatic carbocycles. The van der Waals surface area contributed by atoms with Gasteiger partial charge in [0.15, 0.2) is 5.82 Å². The van der Waals surface area contributed by atoms with Crippen LogP contribution in [-0.2, 0) is 0 Å². The zero-order valence-electron chi connectivity index (χ0n) is 16.1. The minimum atomic E-state index is 0.0740. The third-order valence-electron chi connectivity index (χ3n) is 4.69. The van der Waals surface area contributed by atoms with E-state index >= 15 is 0 Å². The van der Waals surface area contributed by atoms with E-state index in [4.69, 9.17) is 16.7 Å². The Hall–Kier alpha value is -2.54. The number of aryl methyl sites for hydroxylation is 1. The van der Waals surface area contributed by atoms with E-state index in [-0.39, 0.29) is 4.58 Å². The molecular formula is C23H17ClN4S2. The molecule has 0 fully saturated rings. The summed E-state index contributed by atoms with van der Waals surface area (Å²) < 4.78 is 1.91. The Morgan fingerprint density at radius 1 is 0.867 bits per heavy atom. The lowest BCUT2D eigenvalue weighted by atomic mass is 10.1. The van der Waals surface area contributed by atoms with E-state index in [1.807, 2.05) is 35.0 Å². The van der Waals surface area contributed by atoms with E-state index in [2.05, 4.69) is 65.7 Å². The predicted octanol–water partition coefficient (Wildman–Crippen LogP) is 6.38. The van der Waals surface area contributed by atoms with Crippen LogP contribution in [0, 0.1) is 6.92 Å². The van der Waals surface area contributed by atoms with Gasteiger partial charge in [-0.15, -0.1) is 22.0 Å². The fourth-order valence-electron chi connectivity index (χ4n) is 3.14. The zero-order chi connectivity index (χ0) is 20.5. The summed E-state index contributed by atoms with van der Waals surface area (Å²) >= 11 is 9.50. The fraction of sp³-hybridized carbons (Fsp3) is 0.0870. The molecular weight excluding hydrogens is 432 g/mol. The first-order valence-corrected chi connectivity index (χ1v) is 11.6. The smallest absolute Gasteiger partial charge is 0.186 e. The number of rotatable bonds is 4. The van der Waals surface area contributed by atoms with Crippen LogP contribution in [0.2, 0.25) is 5.02 Å². The number of benzene rings is 3. The highest BCUT2D eigenvalue weighted by Gasteiger charge is 2.30. The highest BCUT2D eigenvalue weighted by molar-refractivity contribution is 8.18. The number of halogens is 1. The Morgan fingerprint density at radius 3 is 2.30 bits per heavy atom. The van der Waals surface area contributed by atoms with Crippen LogP contribution in [0.5, 0.6) is 0 Å². The summed E-state index contributed by atoms with van der Waals surface area (Å²) in [6.45, 7) is 2.09. The molecule has 4 nitrogen and oxygen atoms in total. The summed E-state index contributed by atoms with van der Waals surface area (Å²) in [7, 11) is 0. The molecule has 1 atom stereocenters. The normalized spacial score (nSPS) is 15.5. The van der Waals surface area contributed by atoms with Gasteiger partial charge in [-0.05, 0) is 48.9 Å². The summed E-state index contributed by atoms with van der Waals surface area (Å²) in [5.41, 5.74) is 4.25. The van der Waals surface area contributed by atoms with Crippen LogP contribution < -0.4 is 0 Å². The maximum Gasteiger partial charge on any atom is 0.213 e. The van der Waals surface area contributed by atoms with Gasteiger partial charge in [-0.1, -0.05) is 71.4 Å². The Kier molecular flexibility index (Phi) is 5.37. The Bertz CT molecular complexity index is 1200. The first-order chi connectivity index (χ1) is 14.7. The number of hydrogen-bond donors (Lipinski definition) is 0. The Morgan fingerprint density at radius 2 is 1.57 bits per heavy atom. The molecule has 30 heavy (non-hydrogen) atoms.